The molecule has 0 bridgehead atoms. The van der Waals surface area contributed by atoms with E-state index in [1.165, 1.54) is 17.5 Å². The van der Waals surface area contributed by atoms with E-state index < -0.39 is 30.2 Å². The number of pyridine rings is 1. The number of thiazole rings is 1. The smallest absolute Gasteiger partial charge is 0.490 e. The molecule has 4 heterocycles. The number of nitrogens with zero attached hydrogens (tertiary/aromatic N) is 4. The van der Waals surface area contributed by atoms with Crippen LogP contribution < -0.4 is 20.7 Å². The predicted molar refractivity (Wildman–Crippen MR) is 230 cm³/mol. The summed E-state index contributed by atoms with van der Waals surface area (Å²) in [7, 11) is 3.34. The molecule has 0 atom stereocenters. The number of benzene rings is 2. The van der Waals surface area contributed by atoms with Gasteiger partial charge >= 0.3 is 24.3 Å². The number of hydrogen-bond donors (Lipinski definition) is 5. The van der Waals surface area contributed by atoms with Crippen LogP contribution in [0.1, 0.15) is 53.0 Å². The van der Waals surface area contributed by atoms with Crippen LogP contribution in [0, 0.1) is 0 Å². The van der Waals surface area contributed by atoms with Crippen LogP contribution in [0.15, 0.2) is 85.2 Å². The summed E-state index contributed by atoms with van der Waals surface area (Å²) in [6.07, 6.45) is -1.88. The molecule has 0 radical (unpaired) electrons. The molecule has 3 aromatic heterocycles. The van der Waals surface area contributed by atoms with E-state index in [2.05, 4.69) is 30.8 Å². The Bertz CT molecular complexity index is 2410. The number of methoxy groups -OCH3 is 1. The highest BCUT2D eigenvalue weighted by atomic mass is 32.1. The van der Waals surface area contributed by atoms with Crippen molar-refractivity contribution in [1.82, 2.24) is 24.8 Å². The lowest BCUT2D eigenvalue weighted by Gasteiger charge is -2.26. The van der Waals surface area contributed by atoms with Gasteiger partial charge < -0.3 is 34.9 Å². The third kappa shape index (κ3) is 16.8. The third-order valence-corrected chi connectivity index (χ3v) is 10.1. The van der Waals surface area contributed by atoms with Crippen LogP contribution in [0.2, 0.25) is 0 Å². The van der Waals surface area contributed by atoms with Gasteiger partial charge in [-0.3, -0.25) is 29.6 Å². The molecular formula is C43H43F6N7O9S. The van der Waals surface area contributed by atoms with Gasteiger partial charge in [-0.15, -0.1) is 11.3 Å². The Morgan fingerprint density at radius 2 is 1.47 bits per heavy atom. The van der Waals surface area contributed by atoms with Crippen molar-refractivity contribution < 1.29 is 70.0 Å². The van der Waals surface area contributed by atoms with Crippen molar-refractivity contribution in [1.29, 1.82) is 0 Å². The lowest BCUT2D eigenvalue weighted by Crippen LogP contribution is -2.41. The fourth-order valence-corrected chi connectivity index (χ4v) is 6.60. The predicted octanol–water partition coefficient (Wildman–Crippen LogP) is 6.67. The van der Waals surface area contributed by atoms with Gasteiger partial charge in [0.25, 0.3) is 17.7 Å². The average molecular weight is 948 g/mol. The number of carbonyl (C=O) groups is 5. The largest absolute Gasteiger partial charge is 0.497 e. The molecule has 3 amide bonds. The maximum absolute atomic E-state index is 13.4. The van der Waals surface area contributed by atoms with Crippen LogP contribution in [-0.4, -0.2) is 118 Å². The molecule has 16 nitrogen and oxygen atoms in total. The van der Waals surface area contributed by atoms with Crippen LogP contribution in [0.4, 0.5) is 37.2 Å². The number of amides is 3. The monoisotopic (exact) mass is 947 g/mol. The molecule has 6 rings (SSSR count). The second-order valence-corrected chi connectivity index (χ2v) is 14.9. The highest BCUT2D eigenvalue weighted by Gasteiger charge is 2.39. The molecule has 2 aromatic carbocycles. The normalized spacial score (nSPS) is 12.8. The number of carboxylic acids is 2. The Morgan fingerprint density at radius 1 is 0.833 bits per heavy atom. The molecule has 0 spiro atoms. The van der Waals surface area contributed by atoms with Crippen molar-refractivity contribution in [3.63, 3.8) is 0 Å². The lowest BCUT2D eigenvalue weighted by atomic mass is 10.1. The number of rotatable bonds is 14. The van der Waals surface area contributed by atoms with E-state index in [9.17, 15) is 40.7 Å². The summed E-state index contributed by atoms with van der Waals surface area (Å²) >= 11 is 1.29. The minimum atomic E-state index is -5.08. The molecule has 0 unspecified atom stereocenters. The zero-order chi connectivity index (χ0) is 48.4. The average Bonchev–Trinajstić information content (AvgIpc) is 3.87. The van der Waals surface area contributed by atoms with Crippen molar-refractivity contribution in [2.75, 3.05) is 57.1 Å². The molecule has 5 aromatic rings. The zero-order valence-electron chi connectivity index (χ0n) is 35.1. The molecule has 1 aliphatic heterocycles. The van der Waals surface area contributed by atoms with Crippen molar-refractivity contribution in [2.45, 2.75) is 25.2 Å². The van der Waals surface area contributed by atoms with Crippen LogP contribution in [0.5, 0.6) is 5.75 Å². The number of carboxylic acid groups (broad SMARTS) is 2. The quantitative estimate of drug-likeness (QED) is 0.0739. The third-order valence-electron chi connectivity index (χ3n) is 9.03. The van der Waals surface area contributed by atoms with E-state index in [0.29, 0.717) is 59.6 Å². The first-order chi connectivity index (χ1) is 31.2. The fraction of sp³-hybridized carbons (Fsp3) is 0.279. The number of hydrogen-bond acceptors (Lipinski definition) is 11. The van der Waals surface area contributed by atoms with E-state index in [1.807, 2.05) is 66.7 Å². The number of nitrogens with one attached hydrogen (secondary N) is 3. The van der Waals surface area contributed by atoms with Crippen LogP contribution in [0.3, 0.4) is 0 Å². The minimum Gasteiger partial charge on any atom is -0.497 e. The van der Waals surface area contributed by atoms with E-state index in [0.717, 1.165) is 47.8 Å². The van der Waals surface area contributed by atoms with Gasteiger partial charge in [-0.25, -0.2) is 14.6 Å². The molecule has 1 saturated heterocycles. The van der Waals surface area contributed by atoms with E-state index >= 15 is 0 Å². The van der Waals surface area contributed by atoms with Gasteiger partial charge in [0.1, 0.15) is 17.1 Å². The van der Waals surface area contributed by atoms with Crippen LogP contribution in [0.25, 0.3) is 12.2 Å². The molecular weight excluding hydrogens is 905 g/mol. The molecule has 352 valence electrons. The molecule has 0 aliphatic carbocycles. The number of aromatic nitrogens is 3. The molecule has 23 heteroatoms. The maximum atomic E-state index is 13.4. The van der Waals surface area contributed by atoms with Gasteiger partial charge in [-0.05, 0) is 60.4 Å². The van der Waals surface area contributed by atoms with Crippen LogP contribution >= 0.6 is 11.3 Å². The Morgan fingerprint density at radius 3 is 2.05 bits per heavy atom. The van der Waals surface area contributed by atoms with Crippen molar-refractivity contribution in [2.24, 2.45) is 7.05 Å². The van der Waals surface area contributed by atoms with Gasteiger partial charge in [0.2, 0.25) is 0 Å². The summed E-state index contributed by atoms with van der Waals surface area (Å²) in [4.78, 5) is 69.6. The fourth-order valence-electron chi connectivity index (χ4n) is 5.65. The molecule has 0 saturated carbocycles. The van der Waals surface area contributed by atoms with E-state index in [-0.39, 0.29) is 11.8 Å². The SMILES string of the molecule is COc1ccc(/C=C/c2ccc(C(=O)Nc3cc(C(=O)Nc4nc(C(=O)NCCN5CCOCC5)c(CCc5ccccc5)s4)n(C)c3)cn2)cc1.O=C(O)C(F)(F)F.O=C(O)C(F)(F)F. The Balaban J connectivity index is 0.000000590. The summed E-state index contributed by atoms with van der Waals surface area (Å²) in [5.74, 6) is -5.78. The second kappa shape index (κ2) is 24.3. The maximum Gasteiger partial charge on any atom is 0.490 e. The minimum absolute atomic E-state index is 0.271. The van der Waals surface area contributed by atoms with Crippen molar-refractivity contribution >= 4 is 64.0 Å². The first-order valence-electron chi connectivity index (χ1n) is 19.5. The molecule has 1 fully saturated rings. The van der Waals surface area contributed by atoms with Crippen LogP contribution in [-0.2, 0) is 34.2 Å². The lowest BCUT2D eigenvalue weighted by molar-refractivity contribution is -0.193. The highest BCUT2D eigenvalue weighted by Crippen LogP contribution is 2.26. The topological polar surface area (TPSA) is 214 Å². The summed E-state index contributed by atoms with van der Waals surface area (Å²) in [6.45, 7) is 4.26. The van der Waals surface area contributed by atoms with Gasteiger partial charge in [-0.1, -0.05) is 48.5 Å². The van der Waals surface area contributed by atoms with Gasteiger partial charge in [0.15, 0.2) is 5.13 Å². The van der Waals surface area contributed by atoms with E-state index in [1.54, 1.807) is 43.1 Å². The van der Waals surface area contributed by atoms with Crippen molar-refractivity contribution in [3.8, 4) is 5.75 Å². The number of ether oxygens (including phenoxy) is 2. The second-order valence-electron chi connectivity index (χ2n) is 13.8. The number of aryl methyl sites for hydroxylation is 3. The number of halogens is 6. The molecule has 66 heavy (non-hydrogen) atoms. The van der Waals surface area contributed by atoms with Crippen molar-refractivity contribution in [3.05, 3.63) is 124 Å². The number of morpholine rings is 1. The number of carbonyl (C=O) groups excluding carboxylic acids is 3. The first kappa shape index (κ1) is 51.5. The Labute approximate surface area is 376 Å². The van der Waals surface area contributed by atoms with Gasteiger partial charge in [0, 0.05) is 50.5 Å². The highest BCUT2D eigenvalue weighted by molar-refractivity contribution is 7.16. The summed E-state index contributed by atoms with van der Waals surface area (Å²) in [5.41, 5.74) is 4.28. The number of anilines is 2. The summed E-state index contributed by atoms with van der Waals surface area (Å²) < 4.78 is 75.7. The molecule has 1 aliphatic rings. The van der Waals surface area contributed by atoms with Gasteiger partial charge in [-0.2, -0.15) is 26.3 Å². The summed E-state index contributed by atoms with van der Waals surface area (Å²) in [5, 5.41) is 23.3. The number of alkyl halides is 6. The standard InChI is InChI=1S/C39H41N7O5S.2C2HF3O2/c1-45-26-31(42-36(47)29-12-14-30(41-25-29)13-8-28-9-15-32(50-2)16-10-28)24-33(45)37(48)44-39-43-35(34(52-39)17-11-27-6-4-3-5-7-27)38(49)40-18-19-46-20-22-51-23-21-46;2*3-2(4,5)1(6)7/h3-10,12-16,24-26H,11,17-23H2,1-2H3,(H,40,49)(H,42,47)(H,43,44,48);2*(H,6,7)/b13-8+;;. The zero-order valence-corrected chi connectivity index (χ0v) is 35.9. The Hall–Kier alpha value is -7.11. The van der Waals surface area contributed by atoms with Gasteiger partial charge in [0.05, 0.1) is 37.3 Å². The first-order valence-corrected chi connectivity index (χ1v) is 20.3. The van der Waals surface area contributed by atoms with E-state index in [4.69, 9.17) is 29.3 Å². The Kier molecular flexibility index (Phi) is 18.9. The molecule has 5 N–H and O–H groups in total. The summed E-state index contributed by atoms with van der Waals surface area (Å²) in [6, 6.07) is 22.7. The number of aliphatic carboxylic acids is 2.